The molecule has 0 aromatic carbocycles. The smallest absolute Gasteiger partial charge is 0.177 e. The number of aryl methyl sites for hydroxylation is 2. The molecule has 21 heavy (non-hydrogen) atoms. The van der Waals surface area contributed by atoms with Crippen LogP contribution in [0, 0.1) is 0 Å². The molecule has 1 N–H and O–H groups in total. The van der Waals surface area contributed by atoms with Crippen molar-refractivity contribution in [3.63, 3.8) is 0 Å². The second-order valence-corrected chi connectivity index (χ2v) is 5.15. The van der Waals surface area contributed by atoms with Crippen LogP contribution in [-0.2, 0) is 13.5 Å². The Morgan fingerprint density at radius 3 is 3.00 bits per heavy atom. The summed E-state index contributed by atoms with van der Waals surface area (Å²) in [7, 11) is 2.00. The van der Waals surface area contributed by atoms with Crippen LogP contribution in [0.3, 0.4) is 0 Å². The van der Waals surface area contributed by atoms with Crippen molar-refractivity contribution < 1.29 is 0 Å². The van der Waals surface area contributed by atoms with E-state index in [1.165, 1.54) is 0 Å². The summed E-state index contributed by atoms with van der Waals surface area (Å²) < 4.78 is 2.02. The van der Waals surface area contributed by atoms with Crippen LogP contribution in [-0.4, -0.2) is 24.5 Å². The van der Waals surface area contributed by atoms with E-state index in [4.69, 9.17) is 0 Å². The molecule has 0 amide bonds. The average molecular weight is 277 g/mol. The first-order chi connectivity index (χ1) is 10.3. The molecular weight excluding hydrogens is 262 g/mol. The van der Waals surface area contributed by atoms with Gasteiger partial charge in [-0.15, -0.1) is 0 Å². The highest BCUT2D eigenvalue weighted by Gasteiger charge is 2.10. The van der Waals surface area contributed by atoms with E-state index >= 15 is 0 Å². The molecule has 0 saturated heterocycles. The maximum absolute atomic E-state index is 4.47. The fourth-order valence-electron chi connectivity index (χ4n) is 2.68. The lowest BCUT2D eigenvalue weighted by molar-refractivity contribution is 0.949. The summed E-state index contributed by atoms with van der Waals surface area (Å²) in [6.45, 7) is 2.08. The molecule has 0 radical (unpaired) electrons. The number of fused-ring (bicyclic) bond motifs is 2. The summed E-state index contributed by atoms with van der Waals surface area (Å²) in [6, 6.07) is 6.23. The van der Waals surface area contributed by atoms with E-state index in [1.54, 1.807) is 0 Å². The van der Waals surface area contributed by atoms with Gasteiger partial charge in [0, 0.05) is 43.0 Å². The topological polar surface area (TPSA) is 59.4 Å². The third kappa shape index (κ3) is 1.81. The van der Waals surface area contributed by atoms with Crippen molar-refractivity contribution in [2.45, 2.75) is 13.3 Å². The maximum Gasteiger partial charge on any atom is 0.177 e. The molecule has 4 aromatic heterocycles. The van der Waals surface area contributed by atoms with Crippen LogP contribution in [0.5, 0.6) is 0 Å². The van der Waals surface area contributed by atoms with Crippen molar-refractivity contribution in [3.05, 3.63) is 42.6 Å². The fraction of sp³-hybridized carbons (Fsp3) is 0.188. The van der Waals surface area contributed by atoms with Crippen LogP contribution in [0.2, 0.25) is 0 Å². The molecule has 4 heterocycles. The molecule has 0 aliphatic carbocycles. The summed E-state index contributed by atoms with van der Waals surface area (Å²) in [5.41, 5.74) is 4.95. The molecule has 0 atom stereocenters. The summed E-state index contributed by atoms with van der Waals surface area (Å²) in [5, 5.41) is 1.14. The van der Waals surface area contributed by atoms with E-state index in [-0.39, 0.29) is 0 Å². The Hall–Kier alpha value is -2.69. The quantitative estimate of drug-likeness (QED) is 0.612. The van der Waals surface area contributed by atoms with Gasteiger partial charge in [0.1, 0.15) is 11.5 Å². The van der Waals surface area contributed by atoms with Gasteiger partial charge in [-0.3, -0.25) is 0 Å². The molecule has 0 aliphatic heterocycles. The van der Waals surface area contributed by atoms with Crippen LogP contribution < -0.4 is 0 Å². The summed E-state index contributed by atoms with van der Waals surface area (Å²) in [4.78, 5) is 16.7. The number of aromatic amines is 1. The van der Waals surface area contributed by atoms with E-state index in [0.717, 1.165) is 45.6 Å². The normalized spacial score (nSPS) is 11.5. The molecule has 0 aliphatic rings. The minimum Gasteiger partial charge on any atom is -0.341 e. The first-order valence-corrected chi connectivity index (χ1v) is 7.01. The molecule has 5 nitrogen and oxygen atoms in total. The fourth-order valence-corrected chi connectivity index (χ4v) is 2.68. The number of nitrogens with zero attached hydrogens (tertiary/aromatic N) is 4. The van der Waals surface area contributed by atoms with Crippen LogP contribution in [0.4, 0.5) is 0 Å². The highest BCUT2D eigenvalue weighted by molar-refractivity contribution is 5.94. The standard InChI is InChI=1S/C16H15N5/c1-3-14-19-13-8-10(9-18-15(13)20-14)11-4-6-17-16-12(11)5-7-21(16)2/h4-9H,3H2,1-2H3,(H,18,19,20). The zero-order chi connectivity index (χ0) is 14.4. The Labute approximate surface area is 121 Å². The van der Waals surface area contributed by atoms with E-state index in [1.807, 2.05) is 36.3 Å². The van der Waals surface area contributed by atoms with Crippen LogP contribution in [0.15, 0.2) is 36.8 Å². The second-order valence-electron chi connectivity index (χ2n) is 5.15. The third-order valence-electron chi connectivity index (χ3n) is 3.80. The second kappa shape index (κ2) is 4.41. The molecule has 5 heteroatoms. The lowest BCUT2D eigenvalue weighted by Gasteiger charge is -2.03. The number of pyridine rings is 2. The molecule has 4 aromatic rings. The van der Waals surface area contributed by atoms with Gasteiger partial charge in [-0.05, 0) is 23.8 Å². The highest BCUT2D eigenvalue weighted by Crippen LogP contribution is 2.28. The summed E-state index contributed by atoms with van der Waals surface area (Å²) in [5.74, 6) is 0.967. The molecule has 0 spiro atoms. The molecular formula is C16H15N5. The van der Waals surface area contributed by atoms with E-state index < -0.39 is 0 Å². The van der Waals surface area contributed by atoms with Gasteiger partial charge in [-0.2, -0.15) is 0 Å². The van der Waals surface area contributed by atoms with Crippen molar-refractivity contribution >= 4 is 22.2 Å². The minimum atomic E-state index is 0.772. The molecule has 0 unspecified atom stereocenters. The number of nitrogens with one attached hydrogen (secondary N) is 1. The van der Waals surface area contributed by atoms with Gasteiger partial charge < -0.3 is 9.55 Å². The van der Waals surface area contributed by atoms with Crippen LogP contribution in [0.1, 0.15) is 12.7 Å². The van der Waals surface area contributed by atoms with Gasteiger partial charge in [-0.25, -0.2) is 15.0 Å². The van der Waals surface area contributed by atoms with Crippen molar-refractivity contribution in [3.8, 4) is 11.1 Å². The minimum absolute atomic E-state index is 0.772. The maximum atomic E-state index is 4.47. The number of imidazole rings is 1. The predicted molar refractivity (Wildman–Crippen MR) is 83.0 cm³/mol. The van der Waals surface area contributed by atoms with E-state index in [2.05, 4.69) is 39.0 Å². The Morgan fingerprint density at radius 1 is 1.24 bits per heavy atom. The molecule has 104 valence electrons. The van der Waals surface area contributed by atoms with Crippen molar-refractivity contribution in [1.82, 2.24) is 24.5 Å². The van der Waals surface area contributed by atoms with E-state index in [9.17, 15) is 0 Å². The first kappa shape index (κ1) is 12.1. The Morgan fingerprint density at radius 2 is 2.14 bits per heavy atom. The number of rotatable bonds is 2. The van der Waals surface area contributed by atoms with Gasteiger partial charge in [0.15, 0.2) is 5.65 Å². The molecule has 0 bridgehead atoms. The van der Waals surface area contributed by atoms with Crippen LogP contribution in [0.25, 0.3) is 33.3 Å². The largest absolute Gasteiger partial charge is 0.341 e. The predicted octanol–water partition coefficient (Wildman–Crippen LogP) is 3.07. The summed E-state index contributed by atoms with van der Waals surface area (Å²) in [6.07, 6.45) is 6.62. The van der Waals surface area contributed by atoms with Gasteiger partial charge in [0.2, 0.25) is 0 Å². The number of aromatic nitrogens is 5. The van der Waals surface area contributed by atoms with Gasteiger partial charge in [0.25, 0.3) is 0 Å². The van der Waals surface area contributed by atoms with Crippen LogP contribution >= 0.6 is 0 Å². The number of H-pyrrole nitrogens is 1. The Kier molecular flexibility index (Phi) is 2.54. The van der Waals surface area contributed by atoms with Crippen molar-refractivity contribution in [2.75, 3.05) is 0 Å². The number of hydrogen-bond acceptors (Lipinski definition) is 3. The van der Waals surface area contributed by atoms with Crippen molar-refractivity contribution in [2.24, 2.45) is 7.05 Å². The SMILES string of the molecule is CCc1nc2ncc(-c3ccnc4c3ccn4C)cc2[nH]1. The van der Waals surface area contributed by atoms with Gasteiger partial charge >= 0.3 is 0 Å². The number of hydrogen-bond donors (Lipinski definition) is 1. The lowest BCUT2D eigenvalue weighted by Crippen LogP contribution is -1.89. The Bertz CT molecular complexity index is 948. The van der Waals surface area contributed by atoms with E-state index in [0.29, 0.717) is 0 Å². The molecule has 0 saturated carbocycles. The lowest BCUT2D eigenvalue weighted by atomic mass is 10.1. The average Bonchev–Trinajstić information content (AvgIpc) is 3.10. The molecule has 4 rings (SSSR count). The van der Waals surface area contributed by atoms with Gasteiger partial charge in [-0.1, -0.05) is 6.92 Å². The Balaban J connectivity index is 1.95. The first-order valence-electron chi connectivity index (χ1n) is 7.01. The third-order valence-corrected chi connectivity index (χ3v) is 3.80. The highest BCUT2D eigenvalue weighted by atomic mass is 15.0. The monoisotopic (exact) mass is 277 g/mol. The molecule has 0 fully saturated rings. The summed E-state index contributed by atoms with van der Waals surface area (Å²) >= 11 is 0. The zero-order valence-corrected chi connectivity index (χ0v) is 12.0. The van der Waals surface area contributed by atoms with Gasteiger partial charge in [0.05, 0.1) is 5.52 Å². The zero-order valence-electron chi connectivity index (χ0n) is 12.0. The van der Waals surface area contributed by atoms with Crippen molar-refractivity contribution in [1.29, 1.82) is 0 Å².